The molecule has 1 aliphatic heterocycles. The molecule has 0 radical (unpaired) electrons. The van der Waals surface area contributed by atoms with Crippen molar-refractivity contribution in [3.8, 4) is 0 Å². The van der Waals surface area contributed by atoms with E-state index in [1.165, 1.54) is 13.0 Å². The second-order valence-electron chi connectivity index (χ2n) is 7.59. The van der Waals surface area contributed by atoms with Crippen LogP contribution < -0.4 is 14.9 Å². The number of carbonyl (C=O) groups is 2. The molecule has 9 heteroatoms. The largest absolute Gasteiger partial charge is 0.349 e. The number of fused-ring (bicyclic) bond motifs is 1. The molecule has 2 heterocycles. The number of pyridine rings is 1. The molecule has 0 unspecified atom stereocenters. The highest BCUT2D eigenvalue weighted by Crippen LogP contribution is 2.30. The van der Waals surface area contributed by atoms with E-state index in [9.17, 15) is 18.0 Å². The van der Waals surface area contributed by atoms with Gasteiger partial charge in [-0.1, -0.05) is 19.9 Å². The molecule has 1 aromatic heterocycles. The molecule has 1 aromatic carbocycles. The number of hydrogen-bond donors (Lipinski definition) is 2. The second-order valence-corrected chi connectivity index (χ2v) is 9.31. The molecule has 2 N–H and O–H groups in total. The number of sulfonamides is 1. The second kappa shape index (κ2) is 8.93. The Morgan fingerprint density at radius 1 is 1.20 bits per heavy atom. The molecule has 0 saturated heterocycles. The van der Waals surface area contributed by atoms with Crippen LogP contribution in [0.4, 0.5) is 5.69 Å². The van der Waals surface area contributed by atoms with Gasteiger partial charge in [-0.25, -0.2) is 8.42 Å². The minimum Gasteiger partial charge on any atom is -0.349 e. The average Bonchev–Trinajstić information content (AvgIpc) is 3.14. The molecule has 0 fully saturated rings. The van der Waals surface area contributed by atoms with Gasteiger partial charge in [0.15, 0.2) is 0 Å². The van der Waals surface area contributed by atoms with Crippen molar-refractivity contribution < 1.29 is 18.0 Å². The Morgan fingerprint density at radius 3 is 2.60 bits per heavy atom. The normalized spacial score (nSPS) is 14.5. The van der Waals surface area contributed by atoms with Gasteiger partial charge in [-0.3, -0.25) is 14.6 Å². The molecule has 8 nitrogen and oxygen atoms in total. The summed E-state index contributed by atoms with van der Waals surface area (Å²) in [5.74, 6) is -0.749. The number of nitrogens with one attached hydrogen (secondary N) is 2. The Balaban J connectivity index is 1.74. The first-order chi connectivity index (χ1) is 14.2. The zero-order chi connectivity index (χ0) is 21.9. The van der Waals surface area contributed by atoms with Crippen LogP contribution in [0.5, 0.6) is 0 Å². The molecule has 160 valence electrons. The summed E-state index contributed by atoms with van der Waals surface area (Å²) in [4.78, 5) is 30.2. The van der Waals surface area contributed by atoms with Crippen LogP contribution in [0, 0.1) is 5.92 Å². The Kier molecular flexibility index (Phi) is 6.52. The quantitative estimate of drug-likeness (QED) is 0.694. The van der Waals surface area contributed by atoms with E-state index in [0.717, 1.165) is 11.3 Å². The molecule has 1 aliphatic rings. The van der Waals surface area contributed by atoms with E-state index < -0.39 is 22.0 Å². The number of benzene rings is 1. The van der Waals surface area contributed by atoms with Crippen LogP contribution in [0.3, 0.4) is 0 Å². The summed E-state index contributed by atoms with van der Waals surface area (Å²) < 4.78 is 28.4. The fraction of sp³-hybridized carbons (Fsp3) is 0.381. The van der Waals surface area contributed by atoms with E-state index in [1.54, 1.807) is 49.2 Å². The van der Waals surface area contributed by atoms with Crippen LogP contribution in [-0.2, 0) is 32.6 Å². The first kappa shape index (κ1) is 21.9. The van der Waals surface area contributed by atoms with E-state index >= 15 is 0 Å². The Bertz CT molecular complexity index is 1040. The summed E-state index contributed by atoms with van der Waals surface area (Å²) in [6.45, 7) is 5.79. The van der Waals surface area contributed by atoms with Gasteiger partial charge in [0.05, 0.1) is 17.1 Å². The van der Waals surface area contributed by atoms with Gasteiger partial charge < -0.3 is 10.2 Å². The highest BCUT2D eigenvalue weighted by Gasteiger charge is 2.30. The van der Waals surface area contributed by atoms with Gasteiger partial charge >= 0.3 is 0 Å². The van der Waals surface area contributed by atoms with Crippen LogP contribution in [0.1, 0.15) is 32.0 Å². The predicted molar refractivity (Wildman–Crippen MR) is 113 cm³/mol. The van der Waals surface area contributed by atoms with Crippen LogP contribution in [0.25, 0.3) is 0 Å². The molecule has 0 aliphatic carbocycles. The van der Waals surface area contributed by atoms with Crippen molar-refractivity contribution in [2.45, 2.75) is 44.7 Å². The fourth-order valence-electron chi connectivity index (χ4n) is 3.39. The number of anilines is 1. The van der Waals surface area contributed by atoms with E-state index in [2.05, 4.69) is 15.0 Å². The maximum atomic E-state index is 13.0. The molecule has 0 saturated carbocycles. The SMILES string of the molecule is CC(=O)N1CCc2cc(S(=O)(=O)N[C@@H](C(=O)NCc3ccccn3)C(C)C)ccc21. The topological polar surface area (TPSA) is 108 Å². The Hall–Kier alpha value is -2.78. The highest BCUT2D eigenvalue weighted by molar-refractivity contribution is 7.89. The van der Waals surface area contributed by atoms with E-state index in [0.29, 0.717) is 18.7 Å². The molecule has 1 atom stereocenters. The van der Waals surface area contributed by atoms with Crippen molar-refractivity contribution in [2.24, 2.45) is 5.92 Å². The third-order valence-electron chi connectivity index (χ3n) is 5.04. The number of nitrogens with zero attached hydrogens (tertiary/aromatic N) is 2. The lowest BCUT2D eigenvalue weighted by Crippen LogP contribution is -2.49. The summed E-state index contributed by atoms with van der Waals surface area (Å²) >= 11 is 0. The van der Waals surface area contributed by atoms with E-state index in [4.69, 9.17) is 0 Å². The predicted octanol–water partition coefficient (Wildman–Crippen LogP) is 1.61. The number of amides is 2. The maximum Gasteiger partial charge on any atom is 0.241 e. The van der Waals surface area contributed by atoms with Crippen molar-refractivity contribution in [2.75, 3.05) is 11.4 Å². The Labute approximate surface area is 176 Å². The Morgan fingerprint density at radius 2 is 1.97 bits per heavy atom. The van der Waals surface area contributed by atoms with Crippen LogP contribution in [-0.4, -0.2) is 37.8 Å². The van der Waals surface area contributed by atoms with Crippen molar-refractivity contribution in [1.29, 1.82) is 0 Å². The minimum absolute atomic E-state index is 0.0769. The lowest BCUT2D eigenvalue weighted by Gasteiger charge is -2.22. The van der Waals surface area contributed by atoms with Crippen molar-refractivity contribution >= 4 is 27.5 Å². The molecule has 0 bridgehead atoms. The number of rotatable bonds is 7. The van der Waals surface area contributed by atoms with Crippen LogP contribution >= 0.6 is 0 Å². The molecule has 0 spiro atoms. The van der Waals surface area contributed by atoms with Gasteiger partial charge in [0.1, 0.15) is 6.04 Å². The van der Waals surface area contributed by atoms with Gasteiger partial charge in [-0.2, -0.15) is 4.72 Å². The van der Waals surface area contributed by atoms with Gasteiger partial charge in [0.2, 0.25) is 21.8 Å². The van der Waals surface area contributed by atoms with E-state index in [1.807, 2.05) is 6.07 Å². The number of carbonyl (C=O) groups excluding carboxylic acids is 2. The molecular weight excluding hydrogens is 404 g/mol. The molecular formula is C21H26N4O4S. The van der Waals surface area contributed by atoms with Crippen molar-refractivity contribution in [3.05, 3.63) is 53.9 Å². The smallest absolute Gasteiger partial charge is 0.241 e. The van der Waals surface area contributed by atoms with Gasteiger partial charge in [-0.05, 0) is 48.2 Å². The molecule has 2 amide bonds. The number of hydrogen-bond acceptors (Lipinski definition) is 5. The zero-order valence-corrected chi connectivity index (χ0v) is 18.1. The summed E-state index contributed by atoms with van der Waals surface area (Å²) in [7, 11) is -3.92. The summed E-state index contributed by atoms with van der Waals surface area (Å²) in [6, 6.07) is 9.13. The standard InChI is InChI=1S/C21H26N4O4S/c1-14(2)20(21(27)23-13-17-6-4-5-10-22-17)24-30(28,29)18-7-8-19-16(12-18)9-11-25(19)15(3)26/h4-8,10,12,14,20,24H,9,11,13H2,1-3H3,(H,23,27)/t20-/m1/s1. The first-order valence-corrected chi connectivity index (χ1v) is 11.3. The monoisotopic (exact) mass is 430 g/mol. The van der Waals surface area contributed by atoms with Crippen molar-refractivity contribution in [1.82, 2.24) is 15.0 Å². The van der Waals surface area contributed by atoms with Crippen molar-refractivity contribution in [3.63, 3.8) is 0 Å². The lowest BCUT2D eigenvalue weighted by molar-refractivity contribution is -0.123. The summed E-state index contributed by atoms with van der Waals surface area (Å²) in [5, 5.41) is 2.74. The molecule has 30 heavy (non-hydrogen) atoms. The molecule has 2 aromatic rings. The first-order valence-electron chi connectivity index (χ1n) is 9.80. The third kappa shape index (κ3) is 4.85. The highest BCUT2D eigenvalue weighted by atomic mass is 32.2. The fourth-order valence-corrected chi connectivity index (χ4v) is 4.78. The maximum absolute atomic E-state index is 13.0. The van der Waals surface area contributed by atoms with Gasteiger partial charge in [0.25, 0.3) is 0 Å². The van der Waals surface area contributed by atoms with Crippen LogP contribution in [0.2, 0.25) is 0 Å². The third-order valence-corrected chi connectivity index (χ3v) is 6.48. The van der Waals surface area contributed by atoms with E-state index in [-0.39, 0.29) is 23.3 Å². The summed E-state index contributed by atoms with van der Waals surface area (Å²) in [5.41, 5.74) is 2.22. The lowest BCUT2D eigenvalue weighted by atomic mass is 10.1. The zero-order valence-electron chi connectivity index (χ0n) is 17.3. The van der Waals surface area contributed by atoms with Gasteiger partial charge in [0, 0.05) is 25.4 Å². The molecule has 3 rings (SSSR count). The van der Waals surface area contributed by atoms with Gasteiger partial charge in [-0.15, -0.1) is 0 Å². The average molecular weight is 431 g/mol. The number of aromatic nitrogens is 1. The minimum atomic E-state index is -3.92. The summed E-state index contributed by atoms with van der Waals surface area (Å²) in [6.07, 6.45) is 2.22. The van der Waals surface area contributed by atoms with Crippen LogP contribution in [0.15, 0.2) is 47.5 Å².